The smallest absolute Gasteiger partial charge is 0.261 e. The van der Waals surface area contributed by atoms with Crippen molar-refractivity contribution in [1.82, 2.24) is 4.98 Å². The lowest BCUT2D eigenvalue weighted by Crippen LogP contribution is -2.13. The van der Waals surface area contributed by atoms with Crippen LogP contribution in [0.15, 0.2) is 59.6 Å². The Hall–Kier alpha value is -1.67. The van der Waals surface area contributed by atoms with Gasteiger partial charge in [0.05, 0.1) is 22.3 Å². The molecule has 0 amide bonds. The van der Waals surface area contributed by atoms with Gasteiger partial charge in [0.1, 0.15) is 0 Å². The molecule has 112 valence electrons. The second-order valence-electron chi connectivity index (χ2n) is 4.93. The molecule has 0 unspecified atom stereocenters. The van der Waals surface area contributed by atoms with Gasteiger partial charge >= 0.3 is 0 Å². The van der Waals surface area contributed by atoms with E-state index < -0.39 is 10.0 Å². The molecule has 6 heteroatoms. The number of nitrogens with zero attached hydrogens (tertiary/aromatic N) is 1. The summed E-state index contributed by atoms with van der Waals surface area (Å²) in [7, 11) is -3.61. The van der Waals surface area contributed by atoms with E-state index >= 15 is 0 Å². The molecule has 22 heavy (non-hydrogen) atoms. The standard InChI is InChI=1S/C16H13IN2O2S/c1-11-8-14(6-7-15(11)17)22(20,21)19-13-9-12-4-2-3-5-16(12)18-10-13/h2-10,19H,1H3. The second kappa shape index (κ2) is 5.85. The number of hydrogen-bond donors (Lipinski definition) is 1. The van der Waals surface area contributed by atoms with Crippen LogP contribution >= 0.6 is 22.6 Å². The number of fused-ring (bicyclic) bond motifs is 1. The molecule has 0 fully saturated rings. The quantitative estimate of drug-likeness (QED) is 0.648. The molecule has 0 bridgehead atoms. The minimum Gasteiger partial charge on any atom is -0.278 e. The summed E-state index contributed by atoms with van der Waals surface area (Å²) < 4.78 is 28.5. The average Bonchev–Trinajstić information content (AvgIpc) is 2.49. The number of aryl methyl sites for hydroxylation is 1. The van der Waals surface area contributed by atoms with Gasteiger partial charge in [-0.1, -0.05) is 18.2 Å². The van der Waals surface area contributed by atoms with Gasteiger partial charge in [-0.2, -0.15) is 0 Å². The first-order chi connectivity index (χ1) is 10.5. The van der Waals surface area contributed by atoms with E-state index in [1.807, 2.05) is 31.2 Å². The van der Waals surface area contributed by atoms with E-state index in [4.69, 9.17) is 0 Å². The number of aromatic nitrogens is 1. The monoisotopic (exact) mass is 424 g/mol. The number of halogens is 1. The molecule has 0 aliphatic rings. The zero-order valence-electron chi connectivity index (χ0n) is 11.7. The molecule has 0 atom stereocenters. The summed E-state index contributed by atoms with van der Waals surface area (Å²) in [6.45, 7) is 1.89. The highest BCUT2D eigenvalue weighted by molar-refractivity contribution is 14.1. The molecule has 0 radical (unpaired) electrons. The number of rotatable bonds is 3. The minimum absolute atomic E-state index is 0.249. The molecule has 0 aliphatic heterocycles. The van der Waals surface area contributed by atoms with Gasteiger partial charge in [0, 0.05) is 8.96 Å². The molecular formula is C16H13IN2O2S. The molecule has 4 nitrogen and oxygen atoms in total. The summed E-state index contributed by atoms with van der Waals surface area (Å²) in [5.41, 5.74) is 2.21. The average molecular weight is 424 g/mol. The molecular weight excluding hydrogens is 411 g/mol. The molecule has 3 aromatic rings. The Morgan fingerprint density at radius 2 is 1.86 bits per heavy atom. The first-order valence-corrected chi connectivity index (χ1v) is 9.16. The zero-order valence-corrected chi connectivity index (χ0v) is 14.7. The van der Waals surface area contributed by atoms with Crippen LogP contribution in [0, 0.1) is 10.5 Å². The lowest BCUT2D eigenvalue weighted by atomic mass is 10.2. The van der Waals surface area contributed by atoms with E-state index in [9.17, 15) is 8.42 Å². The summed E-state index contributed by atoms with van der Waals surface area (Å²) in [6.07, 6.45) is 1.53. The Morgan fingerprint density at radius 1 is 1.09 bits per heavy atom. The molecule has 2 aromatic carbocycles. The fourth-order valence-corrected chi connectivity index (χ4v) is 3.58. The van der Waals surface area contributed by atoms with Crippen LogP contribution in [0.5, 0.6) is 0 Å². The Morgan fingerprint density at radius 3 is 2.64 bits per heavy atom. The van der Waals surface area contributed by atoms with Crippen LogP contribution in [0.4, 0.5) is 5.69 Å². The maximum Gasteiger partial charge on any atom is 0.261 e. The van der Waals surface area contributed by atoms with Gasteiger partial charge in [0.25, 0.3) is 10.0 Å². The van der Waals surface area contributed by atoms with Gasteiger partial charge in [-0.3, -0.25) is 9.71 Å². The number of benzene rings is 2. The molecule has 0 saturated heterocycles. The summed E-state index contributed by atoms with van der Waals surface area (Å²) in [5.74, 6) is 0. The maximum atomic E-state index is 12.5. The Bertz CT molecular complexity index is 955. The lowest BCUT2D eigenvalue weighted by molar-refractivity contribution is 0.601. The number of pyridine rings is 1. The summed E-state index contributed by atoms with van der Waals surface area (Å²) in [5, 5.41) is 0.890. The Balaban J connectivity index is 1.97. The van der Waals surface area contributed by atoms with E-state index in [2.05, 4.69) is 32.3 Å². The van der Waals surface area contributed by atoms with Crippen molar-refractivity contribution in [1.29, 1.82) is 0 Å². The lowest BCUT2D eigenvalue weighted by Gasteiger charge is -2.09. The minimum atomic E-state index is -3.61. The van der Waals surface area contributed by atoms with Crippen LogP contribution < -0.4 is 4.72 Å². The highest BCUT2D eigenvalue weighted by Crippen LogP contribution is 2.21. The van der Waals surface area contributed by atoms with Gasteiger partial charge in [-0.05, 0) is 65.4 Å². The predicted molar refractivity (Wildman–Crippen MR) is 96.4 cm³/mol. The molecule has 0 spiro atoms. The van der Waals surface area contributed by atoms with Crippen LogP contribution in [0.2, 0.25) is 0 Å². The van der Waals surface area contributed by atoms with Crippen molar-refractivity contribution in [2.24, 2.45) is 0 Å². The Labute approximate surface area is 142 Å². The van der Waals surface area contributed by atoms with Crippen LogP contribution in [-0.4, -0.2) is 13.4 Å². The van der Waals surface area contributed by atoms with Crippen molar-refractivity contribution in [2.75, 3.05) is 4.72 Å². The maximum absolute atomic E-state index is 12.5. The molecule has 1 heterocycles. The van der Waals surface area contributed by atoms with Gasteiger partial charge in [0.15, 0.2) is 0 Å². The highest BCUT2D eigenvalue weighted by Gasteiger charge is 2.15. The van der Waals surface area contributed by atoms with Crippen LogP contribution in [0.3, 0.4) is 0 Å². The number of anilines is 1. The largest absolute Gasteiger partial charge is 0.278 e. The van der Waals surface area contributed by atoms with Crippen molar-refractivity contribution >= 4 is 49.2 Å². The fourth-order valence-electron chi connectivity index (χ4n) is 2.13. The topological polar surface area (TPSA) is 59.1 Å². The third-order valence-electron chi connectivity index (χ3n) is 3.28. The molecule has 3 rings (SSSR count). The fraction of sp³-hybridized carbons (Fsp3) is 0.0625. The number of nitrogens with one attached hydrogen (secondary N) is 1. The van der Waals surface area contributed by atoms with Crippen LogP contribution in [0.25, 0.3) is 10.9 Å². The van der Waals surface area contributed by atoms with E-state index in [-0.39, 0.29) is 4.90 Å². The third-order valence-corrected chi connectivity index (χ3v) is 5.87. The molecule has 1 N–H and O–H groups in total. The number of sulfonamides is 1. The molecule has 1 aromatic heterocycles. The van der Waals surface area contributed by atoms with Gasteiger partial charge < -0.3 is 0 Å². The van der Waals surface area contributed by atoms with Crippen molar-refractivity contribution in [3.05, 3.63) is 63.9 Å². The van der Waals surface area contributed by atoms with Crippen LogP contribution in [0.1, 0.15) is 5.56 Å². The number of hydrogen-bond acceptors (Lipinski definition) is 3. The van der Waals surface area contributed by atoms with Gasteiger partial charge in [-0.25, -0.2) is 8.42 Å². The Kier molecular flexibility index (Phi) is 4.05. The highest BCUT2D eigenvalue weighted by atomic mass is 127. The van der Waals surface area contributed by atoms with Crippen LogP contribution in [-0.2, 0) is 10.0 Å². The number of para-hydroxylation sites is 1. The zero-order chi connectivity index (χ0) is 15.7. The normalized spacial score (nSPS) is 11.5. The molecule has 0 aliphatic carbocycles. The van der Waals surface area contributed by atoms with E-state index in [0.29, 0.717) is 5.69 Å². The first kappa shape index (κ1) is 15.2. The van der Waals surface area contributed by atoms with Gasteiger partial charge in [0.2, 0.25) is 0 Å². The van der Waals surface area contributed by atoms with Gasteiger partial charge in [-0.15, -0.1) is 0 Å². The third kappa shape index (κ3) is 3.07. The summed E-state index contributed by atoms with van der Waals surface area (Å²) in [4.78, 5) is 4.51. The second-order valence-corrected chi connectivity index (χ2v) is 7.78. The van der Waals surface area contributed by atoms with E-state index in [1.54, 1.807) is 24.3 Å². The SMILES string of the molecule is Cc1cc(S(=O)(=O)Nc2cnc3ccccc3c2)ccc1I. The van der Waals surface area contributed by atoms with Crippen molar-refractivity contribution in [3.8, 4) is 0 Å². The summed E-state index contributed by atoms with van der Waals surface area (Å²) >= 11 is 2.18. The molecule has 0 saturated carbocycles. The van der Waals surface area contributed by atoms with E-state index in [1.165, 1.54) is 6.20 Å². The predicted octanol–water partition coefficient (Wildman–Crippen LogP) is 3.95. The van der Waals surface area contributed by atoms with Crippen molar-refractivity contribution in [3.63, 3.8) is 0 Å². The van der Waals surface area contributed by atoms with Crippen molar-refractivity contribution < 1.29 is 8.42 Å². The van der Waals surface area contributed by atoms with E-state index in [0.717, 1.165) is 20.0 Å². The van der Waals surface area contributed by atoms with Crippen molar-refractivity contribution in [2.45, 2.75) is 11.8 Å². The first-order valence-electron chi connectivity index (χ1n) is 6.59. The summed E-state index contributed by atoms with van der Waals surface area (Å²) in [6, 6.07) is 14.4.